The second-order valence-electron chi connectivity index (χ2n) is 7.00. The molecule has 4 N–H and O–H groups in total. The van der Waals surface area contributed by atoms with Gasteiger partial charge in [0.05, 0.1) is 18.3 Å². The molecule has 2 aromatic carbocycles. The van der Waals surface area contributed by atoms with Gasteiger partial charge in [-0.1, -0.05) is 36.4 Å². The molecule has 1 aliphatic carbocycles. The molecule has 0 saturated heterocycles. The van der Waals surface area contributed by atoms with E-state index in [1.165, 1.54) is 18.1 Å². The van der Waals surface area contributed by atoms with Crippen LogP contribution in [0.25, 0.3) is 0 Å². The standard InChI is InChI=1S/C21H22N4O2/c22-21(27)17-7-6-14(8-20(17)26)12-25-13-15(11-24-25)10-23-19-9-18(19)16-4-2-1-3-5-16/h1-8,11,13,18-19,23,26H,9-10,12H2,(H2,22,27)/t18-,19+/m0/s1. The van der Waals surface area contributed by atoms with Crippen LogP contribution in [0.2, 0.25) is 0 Å². The molecule has 3 aromatic rings. The van der Waals surface area contributed by atoms with Crippen molar-refractivity contribution in [3.63, 3.8) is 0 Å². The molecular weight excluding hydrogens is 340 g/mol. The van der Waals surface area contributed by atoms with E-state index in [4.69, 9.17) is 5.73 Å². The summed E-state index contributed by atoms with van der Waals surface area (Å²) in [6.07, 6.45) is 5.01. The highest BCUT2D eigenvalue weighted by atomic mass is 16.3. The van der Waals surface area contributed by atoms with Crippen LogP contribution < -0.4 is 11.1 Å². The molecule has 27 heavy (non-hydrogen) atoms. The number of aromatic nitrogens is 2. The number of rotatable bonds is 7. The average Bonchev–Trinajstić information content (AvgIpc) is 3.31. The van der Waals surface area contributed by atoms with Crippen LogP contribution >= 0.6 is 0 Å². The molecule has 1 fully saturated rings. The minimum absolute atomic E-state index is 0.102. The van der Waals surface area contributed by atoms with Crippen LogP contribution in [0.4, 0.5) is 0 Å². The van der Waals surface area contributed by atoms with Gasteiger partial charge in [-0.15, -0.1) is 0 Å². The van der Waals surface area contributed by atoms with E-state index < -0.39 is 5.91 Å². The molecule has 1 saturated carbocycles. The van der Waals surface area contributed by atoms with E-state index in [9.17, 15) is 9.90 Å². The molecule has 1 aromatic heterocycles. The Balaban J connectivity index is 1.32. The summed E-state index contributed by atoms with van der Waals surface area (Å²) in [5.41, 5.74) is 8.70. The lowest BCUT2D eigenvalue weighted by Gasteiger charge is -2.05. The summed E-state index contributed by atoms with van der Waals surface area (Å²) in [4.78, 5) is 11.2. The fourth-order valence-corrected chi connectivity index (χ4v) is 3.39. The Bertz CT molecular complexity index is 952. The number of carbonyl (C=O) groups excluding carboxylic acids is 1. The van der Waals surface area contributed by atoms with Crippen LogP contribution in [0.15, 0.2) is 60.9 Å². The molecule has 1 aliphatic rings. The Hall–Kier alpha value is -3.12. The van der Waals surface area contributed by atoms with Gasteiger partial charge in [-0.2, -0.15) is 5.10 Å². The number of amides is 1. The zero-order valence-electron chi connectivity index (χ0n) is 14.9. The maximum atomic E-state index is 11.2. The van der Waals surface area contributed by atoms with Gasteiger partial charge in [-0.05, 0) is 29.7 Å². The van der Waals surface area contributed by atoms with Gasteiger partial charge in [-0.3, -0.25) is 9.48 Å². The number of primary amides is 1. The Labute approximate surface area is 157 Å². The van der Waals surface area contributed by atoms with Gasteiger partial charge >= 0.3 is 0 Å². The van der Waals surface area contributed by atoms with Gasteiger partial charge in [0.15, 0.2) is 0 Å². The molecule has 138 valence electrons. The molecular formula is C21H22N4O2. The summed E-state index contributed by atoms with van der Waals surface area (Å²) in [6, 6.07) is 16.0. The number of benzene rings is 2. The average molecular weight is 362 g/mol. The fraction of sp³-hybridized carbons (Fsp3) is 0.238. The Kier molecular flexibility index (Phi) is 4.64. The maximum absolute atomic E-state index is 11.2. The molecule has 6 heteroatoms. The van der Waals surface area contributed by atoms with Gasteiger partial charge < -0.3 is 16.2 Å². The first-order valence-corrected chi connectivity index (χ1v) is 9.01. The van der Waals surface area contributed by atoms with Crippen molar-refractivity contribution in [1.29, 1.82) is 0 Å². The van der Waals surface area contributed by atoms with Crippen LogP contribution in [-0.4, -0.2) is 26.8 Å². The number of carbonyl (C=O) groups is 1. The number of nitrogens with one attached hydrogen (secondary N) is 1. The molecule has 1 heterocycles. The van der Waals surface area contributed by atoms with Crippen molar-refractivity contribution < 1.29 is 9.90 Å². The predicted molar refractivity (Wildman–Crippen MR) is 102 cm³/mol. The number of aromatic hydroxyl groups is 1. The Morgan fingerprint density at radius 2 is 2.04 bits per heavy atom. The SMILES string of the molecule is NC(=O)c1ccc(Cn2cc(CN[C@@H]3C[C@H]3c3ccccc3)cn2)cc1O. The number of phenols is 1. The third-order valence-corrected chi connectivity index (χ3v) is 4.95. The zero-order valence-corrected chi connectivity index (χ0v) is 14.9. The lowest BCUT2D eigenvalue weighted by Crippen LogP contribution is -2.16. The Morgan fingerprint density at radius 3 is 2.78 bits per heavy atom. The highest BCUT2D eigenvalue weighted by Crippen LogP contribution is 2.40. The zero-order chi connectivity index (χ0) is 18.8. The first-order chi connectivity index (χ1) is 13.1. The number of hydrogen-bond donors (Lipinski definition) is 3. The van der Waals surface area contributed by atoms with E-state index in [0.29, 0.717) is 18.5 Å². The second-order valence-corrected chi connectivity index (χ2v) is 7.00. The first kappa shape index (κ1) is 17.3. The second kappa shape index (κ2) is 7.25. The van der Waals surface area contributed by atoms with E-state index in [1.807, 2.05) is 23.1 Å². The predicted octanol–water partition coefficient (Wildman–Crippen LogP) is 2.38. The fourth-order valence-electron chi connectivity index (χ4n) is 3.39. The van der Waals surface area contributed by atoms with Crippen LogP contribution in [0.5, 0.6) is 5.75 Å². The molecule has 0 radical (unpaired) electrons. The minimum atomic E-state index is -0.639. The first-order valence-electron chi connectivity index (χ1n) is 9.01. The minimum Gasteiger partial charge on any atom is -0.507 e. The molecule has 0 spiro atoms. The number of hydrogen-bond acceptors (Lipinski definition) is 4. The molecule has 6 nitrogen and oxygen atoms in total. The van der Waals surface area contributed by atoms with Gasteiger partial charge in [0.2, 0.25) is 0 Å². The van der Waals surface area contributed by atoms with E-state index in [-0.39, 0.29) is 11.3 Å². The molecule has 0 unspecified atom stereocenters. The van der Waals surface area contributed by atoms with E-state index in [0.717, 1.165) is 17.7 Å². The summed E-state index contributed by atoms with van der Waals surface area (Å²) in [7, 11) is 0. The summed E-state index contributed by atoms with van der Waals surface area (Å²) >= 11 is 0. The molecule has 0 bridgehead atoms. The van der Waals surface area contributed by atoms with Crippen molar-refractivity contribution in [1.82, 2.24) is 15.1 Å². The van der Waals surface area contributed by atoms with Crippen LogP contribution in [0.1, 0.15) is 39.4 Å². The normalized spacial score (nSPS) is 18.4. The van der Waals surface area contributed by atoms with Crippen molar-refractivity contribution in [2.75, 3.05) is 0 Å². The molecule has 4 rings (SSSR count). The largest absolute Gasteiger partial charge is 0.507 e. The monoisotopic (exact) mass is 362 g/mol. The highest BCUT2D eigenvalue weighted by molar-refractivity contribution is 5.95. The van der Waals surface area contributed by atoms with Crippen LogP contribution in [0, 0.1) is 0 Å². The van der Waals surface area contributed by atoms with Crippen molar-refractivity contribution in [2.45, 2.75) is 31.5 Å². The summed E-state index contributed by atoms with van der Waals surface area (Å²) in [5, 5.41) is 17.8. The van der Waals surface area contributed by atoms with Gasteiger partial charge in [-0.25, -0.2) is 0 Å². The lowest BCUT2D eigenvalue weighted by molar-refractivity contribution is 0.0998. The smallest absolute Gasteiger partial charge is 0.252 e. The summed E-state index contributed by atoms with van der Waals surface area (Å²) in [6.45, 7) is 1.29. The lowest BCUT2D eigenvalue weighted by atomic mass is 10.1. The maximum Gasteiger partial charge on any atom is 0.252 e. The summed E-state index contributed by atoms with van der Waals surface area (Å²) in [5.74, 6) is -0.136. The van der Waals surface area contributed by atoms with E-state index in [2.05, 4.69) is 34.7 Å². The van der Waals surface area contributed by atoms with Crippen molar-refractivity contribution in [3.05, 3.63) is 83.2 Å². The topological polar surface area (TPSA) is 93.2 Å². The van der Waals surface area contributed by atoms with E-state index >= 15 is 0 Å². The molecule has 1 amide bonds. The van der Waals surface area contributed by atoms with E-state index in [1.54, 1.807) is 12.1 Å². The Morgan fingerprint density at radius 1 is 1.22 bits per heavy atom. The number of nitrogens with two attached hydrogens (primary N) is 1. The molecule has 0 aliphatic heterocycles. The highest BCUT2D eigenvalue weighted by Gasteiger charge is 2.37. The van der Waals surface area contributed by atoms with Crippen LogP contribution in [0.3, 0.4) is 0 Å². The number of nitrogens with zero attached hydrogens (tertiary/aromatic N) is 2. The molecule has 2 atom stereocenters. The van der Waals surface area contributed by atoms with Crippen molar-refractivity contribution in [3.8, 4) is 5.75 Å². The summed E-state index contributed by atoms with van der Waals surface area (Å²) < 4.78 is 1.82. The third kappa shape index (κ3) is 4.01. The van der Waals surface area contributed by atoms with Gasteiger partial charge in [0.25, 0.3) is 5.91 Å². The van der Waals surface area contributed by atoms with Gasteiger partial charge in [0, 0.05) is 30.3 Å². The van der Waals surface area contributed by atoms with Crippen LogP contribution in [-0.2, 0) is 13.1 Å². The van der Waals surface area contributed by atoms with Crippen molar-refractivity contribution >= 4 is 5.91 Å². The quantitative estimate of drug-likeness (QED) is 0.602. The van der Waals surface area contributed by atoms with Crippen molar-refractivity contribution in [2.24, 2.45) is 5.73 Å². The third-order valence-electron chi connectivity index (χ3n) is 4.95. The van der Waals surface area contributed by atoms with Gasteiger partial charge in [0.1, 0.15) is 5.75 Å².